The van der Waals surface area contributed by atoms with Crippen LogP contribution in [0.5, 0.6) is 0 Å². The van der Waals surface area contributed by atoms with E-state index in [0.29, 0.717) is 23.2 Å². The number of aromatic nitrogens is 1. The van der Waals surface area contributed by atoms with Gasteiger partial charge in [0, 0.05) is 25.0 Å². The maximum atomic E-state index is 13.3. The lowest BCUT2D eigenvalue weighted by Gasteiger charge is -2.20. The molecular weight excluding hydrogens is 400 g/mol. The number of nitrogens with one attached hydrogen (secondary N) is 2. The zero-order valence-electron chi connectivity index (χ0n) is 15.9. The molecule has 8 heteroatoms. The second kappa shape index (κ2) is 7.38. The molecule has 0 spiro atoms. The molecule has 1 fully saturated rings. The molecule has 150 valence electrons. The van der Waals surface area contributed by atoms with Crippen molar-refractivity contribution in [2.24, 2.45) is 0 Å². The first kappa shape index (κ1) is 18.5. The summed E-state index contributed by atoms with van der Waals surface area (Å²) in [6.07, 6.45) is 3.46. The van der Waals surface area contributed by atoms with Crippen molar-refractivity contribution in [3.63, 3.8) is 0 Å². The maximum Gasteiger partial charge on any atom is 0.256 e. The summed E-state index contributed by atoms with van der Waals surface area (Å²) in [5, 5.41) is 9.80. The van der Waals surface area contributed by atoms with Crippen LogP contribution in [0.2, 0.25) is 0 Å². The number of carbonyl (C=O) groups excluding carboxylic acids is 3. The van der Waals surface area contributed by atoms with Gasteiger partial charge < -0.3 is 15.5 Å². The van der Waals surface area contributed by atoms with Crippen molar-refractivity contribution >= 4 is 34.7 Å². The van der Waals surface area contributed by atoms with Gasteiger partial charge in [0.05, 0.1) is 16.8 Å². The van der Waals surface area contributed by atoms with E-state index in [1.807, 2.05) is 29.0 Å². The number of pyridine rings is 1. The number of fused-ring (bicyclic) bond motifs is 2. The average Bonchev–Trinajstić information content (AvgIpc) is 3.43. The summed E-state index contributed by atoms with van der Waals surface area (Å²) in [6.45, 7) is 0.283. The molecule has 1 aromatic carbocycles. The fraction of sp³-hybridized carbons (Fsp3) is 0.182. The third kappa shape index (κ3) is 3.25. The van der Waals surface area contributed by atoms with Crippen LogP contribution in [0.25, 0.3) is 11.1 Å². The van der Waals surface area contributed by atoms with Crippen LogP contribution in [0.3, 0.4) is 0 Å². The third-order valence-electron chi connectivity index (χ3n) is 5.49. The predicted octanol–water partition coefficient (Wildman–Crippen LogP) is 2.78. The molecule has 2 aliphatic rings. The van der Waals surface area contributed by atoms with E-state index in [-0.39, 0.29) is 30.3 Å². The van der Waals surface area contributed by atoms with Crippen molar-refractivity contribution in [2.45, 2.75) is 18.5 Å². The van der Waals surface area contributed by atoms with Crippen molar-refractivity contribution in [3.05, 3.63) is 70.7 Å². The molecule has 2 atom stereocenters. The minimum Gasteiger partial charge on any atom is -0.347 e. The van der Waals surface area contributed by atoms with Gasteiger partial charge in [-0.1, -0.05) is 6.07 Å². The number of rotatable bonds is 3. The van der Waals surface area contributed by atoms with Crippen LogP contribution in [0, 0.1) is 0 Å². The highest BCUT2D eigenvalue weighted by atomic mass is 32.1. The Labute approximate surface area is 176 Å². The Morgan fingerprint density at radius 1 is 1.20 bits per heavy atom. The molecule has 5 rings (SSSR count). The van der Waals surface area contributed by atoms with Crippen molar-refractivity contribution < 1.29 is 14.4 Å². The number of amides is 3. The van der Waals surface area contributed by atoms with Gasteiger partial charge in [-0.3, -0.25) is 19.4 Å². The van der Waals surface area contributed by atoms with E-state index in [9.17, 15) is 14.4 Å². The number of thiophene rings is 1. The standard InChI is InChI=1S/C22H18N4O3S/c27-20(14-2-1-6-23-10-14)24-16-9-19-21(28)25-18-4-3-13(15-5-7-30-12-15)8-17(18)22(29)26(19)11-16/h1-8,10,12,16,19H,9,11H2,(H,24,27)(H,25,28). The van der Waals surface area contributed by atoms with Gasteiger partial charge in [-0.05, 0) is 58.6 Å². The molecule has 30 heavy (non-hydrogen) atoms. The topological polar surface area (TPSA) is 91.4 Å². The second-order valence-electron chi connectivity index (χ2n) is 7.38. The Morgan fingerprint density at radius 3 is 2.87 bits per heavy atom. The molecule has 0 bridgehead atoms. The van der Waals surface area contributed by atoms with E-state index in [1.54, 1.807) is 40.6 Å². The van der Waals surface area contributed by atoms with E-state index in [2.05, 4.69) is 15.6 Å². The number of nitrogens with zero attached hydrogens (tertiary/aromatic N) is 2. The zero-order chi connectivity index (χ0) is 20.7. The van der Waals surface area contributed by atoms with Crippen molar-refractivity contribution in [3.8, 4) is 11.1 Å². The van der Waals surface area contributed by atoms with E-state index < -0.39 is 6.04 Å². The Kier molecular flexibility index (Phi) is 4.55. The number of benzene rings is 1. The minimum atomic E-state index is -0.617. The van der Waals surface area contributed by atoms with Crippen LogP contribution >= 0.6 is 11.3 Å². The quantitative estimate of drug-likeness (QED) is 0.684. The first-order chi connectivity index (χ1) is 14.6. The highest BCUT2D eigenvalue weighted by molar-refractivity contribution is 7.08. The molecule has 0 radical (unpaired) electrons. The van der Waals surface area contributed by atoms with Gasteiger partial charge in [0.15, 0.2) is 0 Å². The van der Waals surface area contributed by atoms with Crippen LogP contribution < -0.4 is 10.6 Å². The molecule has 2 aromatic heterocycles. The number of anilines is 1. The first-order valence-electron chi connectivity index (χ1n) is 9.59. The molecule has 2 N–H and O–H groups in total. The molecule has 3 amide bonds. The molecule has 4 heterocycles. The smallest absolute Gasteiger partial charge is 0.256 e. The summed E-state index contributed by atoms with van der Waals surface area (Å²) in [4.78, 5) is 44.1. The van der Waals surface area contributed by atoms with Gasteiger partial charge in [-0.2, -0.15) is 11.3 Å². The number of carbonyl (C=O) groups is 3. The highest BCUT2D eigenvalue weighted by Gasteiger charge is 2.43. The van der Waals surface area contributed by atoms with Gasteiger partial charge in [0.2, 0.25) is 5.91 Å². The second-order valence-corrected chi connectivity index (χ2v) is 8.16. The molecule has 2 aliphatic heterocycles. The zero-order valence-corrected chi connectivity index (χ0v) is 16.7. The SMILES string of the molecule is O=C(NC1CC2C(=O)Nc3ccc(-c4ccsc4)cc3C(=O)N2C1)c1cccnc1. The summed E-state index contributed by atoms with van der Waals surface area (Å²) in [5.41, 5.74) is 3.40. The lowest BCUT2D eigenvalue weighted by molar-refractivity contribution is -0.119. The van der Waals surface area contributed by atoms with E-state index in [1.165, 1.54) is 6.20 Å². The average molecular weight is 418 g/mol. The summed E-state index contributed by atoms with van der Waals surface area (Å²) in [5.74, 6) is -0.703. The first-order valence-corrected chi connectivity index (χ1v) is 10.5. The van der Waals surface area contributed by atoms with Crippen molar-refractivity contribution in [1.29, 1.82) is 0 Å². The third-order valence-corrected chi connectivity index (χ3v) is 6.17. The summed E-state index contributed by atoms with van der Waals surface area (Å²) in [6, 6.07) is 9.95. The molecule has 0 saturated carbocycles. The molecule has 7 nitrogen and oxygen atoms in total. The summed E-state index contributed by atoms with van der Waals surface area (Å²) >= 11 is 1.59. The van der Waals surface area contributed by atoms with Crippen molar-refractivity contribution in [2.75, 3.05) is 11.9 Å². The molecular formula is C22H18N4O3S. The van der Waals surface area contributed by atoms with Crippen LogP contribution in [-0.4, -0.2) is 46.2 Å². The Balaban J connectivity index is 1.40. The Morgan fingerprint density at radius 2 is 2.10 bits per heavy atom. The fourth-order valence-electron chi connectivity index (χ4n) is 3.99. The molecule has 3 aromatic rings. The van der Waals surface area contributed by atoms with Crippen LogP contribution in [0.4, 0.5) is 5.69 Å². The fourth-order valence-corrected chi connectivity index (χ4v) is 4.65. The molecule has 2 unspecified atom stereocenters. The highest BCUT2D eigenvalue weighted by Crippen LogP contribution is 2.32. The van der Waals surface area contributed by atoms with Gasteiger partial charge in [-0.15, -0.1) is 0 Å². The van der Waals surface area contributed by atoms with Gasteiger partial charge >= 0.3 is 0 Å². The van der Waals surface area contributed by atoms with Crippen LogP contribution in [-0.2, 0) is 4.79 Å². The van der Waals surface area contributed by atoms with E-state index in [4.69, 9.17) is 0 Å². The Bertz CT molecular complexity index is 1130. The maximum absolute atomic E-state index is 13.3. The lowest BCUT2D eigenvalue weighted by Crippen LogP contribution is -2.41. The van der Waals surface area contributed by atoms with Crippen molar-refractivity contribution in [1.82, 2.24) is 15.2 Å². The largest absolute Gasteiger partial charge is 0.347 e. The predicted molar refractivity (Wildman–Crippen MR) is 113 cm³/mol. The monoisotopic (exact) mass is 418 g/mol. The van der Waals surface area contributed by atoms with E-state index in [0.717, 1.165) is 11.1 Å². The molecule has 1 saturated heterocycles. The van der Waals surface area contributed by atoms with Gasteiger partial charge in [0.25, 0.3) is 11.8 Å². The Hall–Kier alpha value is -3.52. The van der Waals surface area contributed by atoms with Crippen LogP contribution in [0.1, 0.15) is 27.1 Å². The van der Waals surface area contributed by atoms with Gasteiger partial charge in [0.1, 0.15) is 6.04 Å². The van der Waals surface area contributed by atoms with Gasteiger partial charge in [-0.25, -0.2) is 0 Å². The normalized spacial score (nSPS) is 20.2. The lowest BCUT2D eigenvalue weighted by atomic mass is 10.0. The van der Waals surface area contributed by atoms with Crippen LogP contribution in [0.15, 0.2) is 59.6 Å². The summed E-state index contributed by atoms with van der Waals surface area (Å²) in [7, 11) is 0. The summed E-state index contributed by atoms with van der Waals surface area (Å²) < 4.78 is 0. The minimum absolute atomic E-state index is 0.205. The number of hydrogen-bond donors (Lipinski definition) is 2. The van der Waals surface area contributed by atoms with E-state index >= 15 is 0 Å². The molecule has 0 aliphatic carbocycles. The number of hydrogen-bond acceptors (Lipinski definition) is 5.